The van der Waals surface area contributed by atoms with Crippen molar-refractivity contribution in [2.75, 3.05) is 52.6 Å². The van der Waals surface area contributed by atoms with Gasteiger partial charge in [-0.25, -0.2) is 0 Å². The predicted molar refractivity (Wildman–Crippen MR) is 141 cm³/mol. The van der Waals surface area contributed by atoms with Crippen molar-refractivity contribution in [3.05, 3.63) is 64.2 Å². The molecule has 0 spiro atoms. The summed E-state index contributed by atoms with van der Waals surface area (Å²) in [7, 11) is 0. The van der Waals surface area contributed by atoms with Crippen molar-refractivity contribution in [1.29, 1.82) is 0 Å². The first-order chi connectivity index (χ1) is 17.9. The first-order valence-corrected chi connectivity index (χ1v) is 13.1. The highest BCUT2D eigenvalue weighted by Gasteiger charge is 2.46. The second kappa shape index (κ2) is 12.4. The molecule has 2 aromatic carbocycles. The highest BCUT2D eigenvalue weighted by Crippen LogP contribution is 2.42. The molecule has 0 saturated carbocycles. The van der Waals surface area contributed by atoms with E-state index in [0.717, 1.165) is 19.6 Å². The van der Waals surface area contributed by atoms with Gasteiger partial charge in [-0.1, -0.05) is 17.7 Å². The van der Waals surface area contributed by atoms with E-state index in [4.69, 9.17) is 25.8 Å². The van der Waals surface area contributed by atoms with E-state index in [0.29, 0.717) is 67.0 Å². The van der Waals surface area contributed by atoms with E-state index in [-0.39, 0.29) is 11.3 Å². The zero-order valence-electron chi connectivity index (χ0n) is 21.2. The zero-order chi connectivity index (χ0) is 26.4. The molecule has 1 unspecified atom stereocenters. The van der Waals surface area contributed by atoms with Crippen LogP contribution in [0.25, 0.3) is 5.76 Å². The number of hydrogen-bond acceptors (Lipinski definition) is 7. The number of benzene rings is 2. The number of ketones is 1. The smallest absolute Gasteiger partial charge is 0.295 e. The molecule has 0 aliphatic carbocycles. The fourth-order valence-electron chi connectivity index (χ4n) is 4.75. The lowest BCUT2D eigenvalue weighted by Gasteiger charge is -2.29. The summed E-state index contributed by atoms with van der Waals surface area (Å²) in [5.74, 6) is -0.477. The van der Waals surface area contributed by atoms with E-state index in [9.17, 15) is 14.7 Å². The van der Waals surface area contributed by atoms with Crippen LogP contribution in [-0.2, 0) is 14.3 Å². The summed E-state index contributed by atoms with van der Waals surface area (Å²) in [6, 6.07) is 11.1. The second-order valence-electron chi connectivity index (χ2n) is 8.88. The van der Waals surface area contributed by atoms with Crippen molar-refractivity contribution in [3.8, 4) is 11.5 Å². The quantitative estimate of drug-likeness (QED) is 0.280. The normalized spacial score (nSPS) is 19.9. The van der Waals surface area contributed by atoms with Gasteiger partial charge in [-0.2, -0.15) is 0 Å². The first-order valence-electron chi connectivity index (χ1n) is 12.7. The maximum Gasteiger partial charge on any atom is 0.295 e. The van der Waals surface area contributed by atoms with Gasteiger partial charge in [0.05, 0.1) is 38.0 Å². The highest BCUT2D eigenvalue weighted by atomic mass is 35.5. The molecule has 4 rings (SSSR count). The van der Waals surface area contributed by atoms with Crippen LogP contribution in [0.3, 0.4) is 0 Å². The van der Waals surface area contributed by atoms with Crippen LogP contribution in [0.4, 0.5) is 0 Å². The Morgan fingerprint density at radius 3 is 2.35 bits per heavy atom. The number of nitrogens with zero attached hydrogens (tertiary/aromatic N) is 2. The van der Waals surface area contributed by atoms with Crippen LogP contribution in [0.5, 0.6) is 11.5 Å². The molecule has 2 aliphatic rings. The third kappa shape index (κ3) is 6.09. The Bertz CT molecular complexity index is 1140. The van der Waals surface area contributed by atoms with Crippen molar-refractivity contribution >= 4 is 29.1 Å². The summed E-state index contributed by atoms with van der Waals surface area (Å²) in [6.45, 7) is 8.87. The van der Waals surface area contributed by atoms with Gasteiger partial charge >= 0.3 is 0 Å². The van der Waals surface area contributed by atoms with E-state index in [2.05, 4.69) is 4.90 Å². The molecule has 8 nitrogen and oxygen atoms in total. The minimum absolute atomic E-state index is 0.0466. The number of carbonyl (C=O) groups is 2. The number of aliphatic hydroxyl groups excluding tert-OH is 1. The van der Waals surface area contributed by atoms with E-state index in [1.165, 1.54) is 0 Å². The molecule has 1 amide bonds. The summed E-state index contributed by atoms with van der Waals surface area (Å²) in [5.41, 5.74) is 1.12. The van der Waals surface area contributed by atoms with Gasteiger partial charge in [0.25, 0.3) is 11.7 Å². The van der Waals surface area contributed by atoms with Crippen LogP contribution in [0.1, 0.15) is 37.4 Å². The van der Waals surface area contributed by atoms with Crippen LogP contribution in [0, 0.1) is 0 Å². The minimum Gasteiger partial charge on any atom is -0.507 e. The van der Waals surface area contributed by atoms with Crippen molar-refractivity contribution in [2.24, 2.45) is 0 Å². The molecular formula is C28H33ClN2O6. The van der Waals surface area contributed by atoms with Gasteiger partial charge in [0, 0.05) is 36.8 Å². The number of Topliss-reactive ketones (excluding diaryl/α,β-unsaturated/α-hetero) is 1. The van der Waals surface area contributed by atoms with E-state index >= 15 is 0 Å². The van der Waals surface area contributed by atoms with Crippen molar-refractivity contribution < 1.29 is 28.9 Å². The Morgan fingerprint density at radius 2 is 1.68 bits per heavy atom. The largest absolute Gasteiger partial charge is 0.507 e. The van der Waals surface area contributed by atoms with E-state index < -0.39 is 17.7 Å². The highest BCUT2D eigenvalue weighted by molar-refractivity contribution is 6.46. The van der Waals surface area contributed by atoms with E-state index in [1.807, 2.05) is 19.9 Å². The molecule has 0 bridgehead atoms. The SMILES string of the molecule is CCOc1ccc(C2/C(=C(\O)c3ccc(Cl)cc3)C(=O)C(=O)N2CCCN2CCOCC2)cc1OCC. The van der Waals surface area contributed by atoms with E-state index in [1.54, 1.807) is 41.3 Å². The Kier molecular flexibility index (Phi) is 9.08. The molecule has 37 heavy (non-hydrogen) atoms. The maximum atomic E-state index is 13.3. The van der Waals surface area contributed by atoms with Gasteiger partial charge in [-0.15, -0.1) is 0 Å². The van der Waals surface area contributed by atoms with Crippen molar-refractivity contribution in [1.82, 2.24) is 9.80 Å². The fraction of sp³-hybridized carbons (Fsp3) is 0.429. The number of halogens is 1. The Balaban J connectivity index is 1.72. The zero-order valence-corrected chi connectivity index (χ0v) is 22.0. The van der Waals surface area contributed by atoms with Crippen molar-refractivity contribution in [3.63, 3.8) is 0 Å². The molecule has 2 saturated heterocycles. The molecule has 2 aliphatic heterocycles. The lowest BCUT2D eigenvalue weighted by Crippen LogP contribution is -2.39. The number of amides is 1. The number of ether oxygens (including phenoxy) is 3. The van der Waals surface area contributed by atoms with Gasteiger partial charge in [0.15, 0.2) is 11.5 Å². The topological polar surface area (TPSA) is 88.5 Å². The maximum absolute atomic E-state index is 13.3. The average molecular weight is 529 g/mol. The summed E-state index contributed by atoms with van der Waals surface area (Å²) in [5, 5.41) is 11.8. The standard InChI is InChI=1S/C28H33ClN2O6/c1-3-36-22-11-8-20(18-23(22)37-4-2)25-24(26(32)19-6-9-21(29)10-7-19)27(33)28(34)31(25)13-5-12-30-14-16-35-17-15-30/h6-11,18,25,32H,3-5,12-17H2,1-2H3/b26-24+. The average Bonchev–Trinajstić information content (AvgIpc) is 3.16. The molecule has 2 aromatic rings. The molecule has 2 fully saturated rings. The predicted octanol–water partition coefficient (Wildman–Crippen LogP) is 4.28. The van der Waals surface area contributed by atoms with Gasteiger partial charge in [-0.3, -0.25) is 14.5 Å². The molecule has 1 N–H and O–H groups in total. The van der Waals surface area contributed by atoms with Gasteiger partial charge in [0.1, 0.15) is 5.76 Å². The number of aliphatic hydroxyl groups is 1. The third-order valence-corrected chi connectivity index (χ3v) is 6.77. The summed E-state index contributed by atoms with van der Waals surface area (Å²) in [6.07, 6.45) is 0.680. The van der Waals surface area contributed by atoms with Gasteiger partial charge in [0.2, 0.25) is 0 Å². The first kappa shape index (κ1) is 27.0. The summed E-state index contributed by atoms with van der Waals surface area (Å²) in [4.78, 5) is 30.4. The number of likely N-dealkylation sites (tertiary alicyclic amines) is 1. The molecule has 9 heteroatoms. The summed E-state index contributed by atoms with van der Waals surface area (Å²) < 4.78 is 16.9. The summed E-state index contributed by atoms with van der Waals surface area (Å²) >= 11 is 6.02. The molecule has 0 aromatic heterocycles. The Labute approximate surface area is 222 Å². The third-order valence-electron chi connectivity index (χ3n) is 6.52. The lowest BCUT2D eigenvalue weighted by atomic mass is 9.95. The number of morpholine rings is 1. The fourth-order valence-corrected chi connectivity index (χ4v) is 4.87. The van der Waals surface area contributed by atoms with Crippen LogP contribution in [0.2, 0.25) is 5.02 Å². The van der Waals surface area contributed by atoms with Gasteiger partial charge in [-0.05, 0) is 62.2 Å². The van der Waals surface area contributed by atoms with Crippen LogP contribution >= 0.6 is 11.6 Å². The van der Waals surface area contributed by atoms with Crippen LogP contribution in [-0.4, -0.2) is 79.2 Å². The van der Waals surface area contributed by atoms with Crippen LogP contribution in [0.15, 0.2) is 48.0 Å². The Morgan fingerprint density at radius 1 is 1.00 bits per heavy atom. The van der Waals surface area contributed by atoms with Crippen molar-refractivity contribution in [2.45, 2.75) is 26.3 Å². The molecule has 2 heterocycles. The Hall–Kier alpha value is -3.07. The van der Waals surface area contributed by atoms with Crippen LogP contribution < -0.4 is 9.47 Å². The molecular weight excluding hydrogens is 496 g/mol. The molecule has 0 radical (unpaired) electrons. The number of hydrogen-bond donors (Lipinski definition) is 1. The number of carbonyl (C=O) groups excluding carboxylic acids is 2. The molecule has 198 valence electrons. The monoisotopic (exact) mass is 528 g/mol. The molecule has 1 atom stereocenters. The van der Waals surface area contributed by atoms with Gasteiger partial charge < -0.3 is 24.2 Å². The lowest BCUT2D eigenvalue weighted by molar-refractivity contribution is -0.140. The second-order valence-corrected chi connectivity index (χ2v) is 9.32. The minimum atomic E-state index is -0.768. The number of rotatable bonds is 10.